The summed E-state index contributed by atoms with van der Waals surface area (Å²) in [6.45, 7) is 3.51. The topological polar surface area (TPSA) is 106 Å². The first-order chi connectivity index (χ1) is 16.4. The van der Waals surface area contributed by atoms with E-state index in [1.807, 2.05) is 19.1 Å². The van der Waals surface area contributed by atoms with Crippen molar-refractivity contribution in [2.75, 3.05) is 17.7 Å². The average molecular weight is 459 g/mol. The maximum Gasteiger partial charge on any atom is 0.397 e. The third-order valence-electron chi connectivity index (χ3n) is 5.23. The summed E-state index contributed by atoms with van der Waals surface area (Å²) >= 11 is 0. The van der Waals surface area contributed by atoms with E-state index in [1.165, 1.54) is 12.1 Å². The molecule has 2 aromatic heterocycles. The van der Waals surface area contributed by atoms with Gasteiger partial charge in [0, 0.05) is 29.9 Å². The molecular formula is C25H22FN5O3. The summed E-state index contributed by atoms with van der Waals surface area (Å²) < 4.78 is 19.7. The highest BCUT2D eigenvalue weighted by Gasteiger charge is 2.20. The summed E-state index contributed by atoms with van der Waals surface area (Å²) in [6.07, 6.45) is 1.65. The molecule has 4 aromatic rings. The third kappa shape index (κ3) is 4.83. The Morgan fingerprint density at radius 1 is 1.03 bits per heavy atom. The van der Waals surface area contributed by atoms with Crippen LogP contribution in [0.15, 0.2) is 54.7 Å². The molecule has 0 saturated heterocycles. The summed E-state index contributed by atoms with van der Waals surface area (Å²) in [4.78, 5) is 37.6. The lowest BCUT2D eigenvalue weighted by molar-refractivity contribution is -0.153. The van der Waals surface area contributed by atoms with Gasteiger partial charge in [0.25, 0.3) is 0 Å². The smallest absolute Gasteiger partial charge is 0.397 e. The lowest BCUT2D eigenvalue weighted by Crippen LogP contribution is -2.25. The lowest BCUT2D eigenvalue weighted by Gasteiger charge is -2.14. The molecular weight excluding hydrogens is 437 g/mol. The summed E-state index contributed by atoms with van der Waals surface area (Å²) in [5.41, 5.74) is 3.81. The molecule has 4 rings (SSSR count). The number of esters is 1. The molecule has 0 saturated carbocycles. The Labute approximate surface area is 195 Å². The number of fused-ring (bicyclic) bond motifs is 1. The van der Waals surface area contributed by atoms with Crippen LogP contribution in [-0.2, 0) is 20.9 Å². The van der Waals surface area contributed by atoms with Gasteiger partial charge in [0.05, 0.1) is 5.69 Å². The van der Waals surface area contributed by atoms with E-state index >= 15 is 0 Å². The number of carbonyl (C=O) groups is 2. The molecule has 172 valence electrons. The number of aryl methyl sites for hydroxylation is 2. The number of carbonyl (C=O) groups excluding carboxylic acids is 2. The Hall–Kier alpha value is -4.40. The number of aromatic nitrogens is 3. The highest BCUT2D eigenvalue weighted by Crippen LogP contribution is 2.32. The van der Waals surface area contributed by atoms with Crippen LogP contribution in [0, 0.1) is 19.7 Å². The number of rotatable bonds is 5. The fraction of sp³-hybridized carbons (Fsp3) is 0.160. The minimum absolute atomic E-state index is 0.0615. The Morgan fingerprint density at radius 3 is 2.53 bits per heavy atom. The minimum Gasteiger partial charge on any atom is -0.454 e. The molecule has 0 aliphatic carbocycles. The van der Waals surface area contributed by atoms with Crippen LogP contribution in [0.2, 0.25) is 0 Å². The molecule has 0 aliphatic heterocycles. The van der Waals surface area contributed by atoms with Crippen molar-refractivity contribution in [2.45, 2.75) is 20.5 Å². The summed E-state index contributed by atoms with van der Waals surface area (Å²) in [6, 6.07) is 13.6. The van der Waals surface area contributed by atoms with Crippen LogP contribution >= 0.6 is 0 Å². The number of anilines is 2. The number of pyridine rings is 1. The van der Waals surface area contributed by atoms with Gasteiger partial charge in [0.2, 0.25) is 5.95 Å². The van der Waals surface area contributed by atoms with E-state index in [-0.39, 0.29) is 12.3 Å². The number of nitrogens with one attached hydrogen (secondary N) is 2. The SMILES string of the molecule is CNc1ncc2cc(-c3cc(NC(=O)C(=O)OCc4ccccc4)c(F)cc3C)c(C)nc2n1. The van der Waals surface area contributed by atoms with Crippen LogP contribution < -0.4 is 10.6 Å². The van der Waals surface area contributed by atoms with Crippen LogP contribution in [-0.4, -0.2) is 33.9 Å². The fourth-order valence-corrected chi connectivity index (χ4v) is 3.47. The van der Waals surface area contributed by atoms with Crippen LogP contribution in [0.25, 0.3) is 22.2 Å². The van der Waals surface area contributed by atoms with E-state index in [4.69, 9.17) is 4.74 Å². The van der Waals surface area contributed by atoms with E-state index in [0.29, 0.717) is 33.8 Å². The zero-order valence-corrected chi connectivity index (χ0v) is 18.8. The van der Waals surface area contributed by atoms with E-state index in [2.05, 4.69) is 25.6 Å². The van der Waals surface area contributed by atoms with Crippen LogP contribution in [0.5, 0.6) is 0 Å². The zero-order chi connectivity index (χ0) is 24.2. The first-order valence-corrected chi connectivity index (χ1v) is 10.5. The zero-order valence-electron chi connectivity index (χ0n) is 18.8. The van der Waals surface area contributed by atoms with E-state index in [1.54, 1.807) is 44.4 Å². The standard InChI is InChI=1S/C25H22FN5O3/c1-14-9-20(26)21(30-23(32)24(33)34-13-16-7-5-4-6-8-16)11-18(14)19-10-17-12-28-25(27-3)31-22(17)29-15(19)2/h4-12H,13H2,1-3H3,(H,30,32)(H,27,28,29,31). The van der Waals surface area contributed by atoms with Crippen LogP contribution in [0.4, 0.5) is 16.0 Å². The van der Waals surface area contributed by atoms with Crippen LogP contribution in [0.1, 0.15) is 16.8 Å². The van der Waals surface area contributed by atoms with Gasteiger partial charge in [-0.05, 0) is 48.7 Å². The molecule has 2 heterocycles. The van der Waals surface area contributed by atoms with Gasteiger partial charge in [0.15, 0.2) is 5.65 Å². The van der Waals surface area contributed by atoms with Gasteiger partial charge in [-0.3, -0.25) is 4.79 Å². The molecule has 0 radical (unpaired) electrons. The maximum absolute atomic E-state index is 14.6. The second-order valence-corrected chi connectivity index (χ2v) is 7.64. The number of nitrogens with zero attached hydrogens (tertiary/aromatic N) is 3. The normalized spacial score (nSPS) is 10.7. The van der Waals surface area contributed by atoms with Crippen molar-refractivity contribution in [2.24, 2.45) is 0 Å². The van der Waals surface area contributed by atoms with E-state index in [9.17, 15) is 14.0 Å². The second kappa shape index (κ2) is 9.62. The molecule has 0 bridgehead atoms. The third-order valence-corrected chi connectivity index (χ3v) is 5.23. The number of amides is 1. The number of benzene rings is 2. The predicted molar refractivity (Wildman–Crippen MR) is 127 cm³/mol. The van der Waals surface area contributed by atoms with Crippen molar-refractivity contribution in [3.05, 3.63) is 77.4 Å². The second-order valence-electron chi connectivity index (χ2n) is 7.64. The van der Waals surface area contributed by atoms with Gasteiger partial charge in [0.1, 0.15) is 12.4 Å². The average Bonchev–Trinajstić information content (AvgIpc) is 2.84. The van der Waals surface area contributed by atoms with Crippen molar-refractivity contribution in [1.82, 2.24) is 15.0 Å². The van der Waals surface area contributed by atoms with Crippen LogP contribution in [0.3, 0.4) is 0 Å². The van der Waals surface area contributed by atoms with Crippen molar-refractivity contribution >= 4 is 34.5 Å². The molecule has 8 nitrogen and oxygen atoms in total. The molecule has 34 heavy (non-hydrogen) atoms. The van der Waals surface area contributed by atoms with Gasteiger partial charge in [-0.2, -0.15) is 4.98 Å². The van der Waals surface area contributed by atoms with Crippen molar-refractivity contribution in [3.63, 3.8) is 0 Å². The molecule has 2 N–H and O–H groups in total. The molecule has 0 fully saturated rings. The number of hydrogen-bond acceptors (Lipinski definition) is 7. The molecule has 0 spiro atoms. The predicted octanol–water partition coefficient (Wildman–Crippen LogP) is 4.17. The number of ether oxygens (including phenoxy) is 1. The van der Waals surface area contributed by atoms with Crippen molar-refractivity contribution in [3.8, 4) is 11.1 Å². The van der Waals surface area contributed by atoms with Gasteiger partial charge >= 0.3 is 11.9 Å². The molecule has 1 amide bonds. The summed E-state index contributed by atoms with van der Waals surface area (Å²) in [5, 5.41) is 5.89. The highest BCUT2D eigenvalue weighted by molar-refractivity contribution is 6.37. The quantitative estimate of drug-likeness (QED) is 0.341. The molecule has 2 aromatic carbocycles. The largest absolute Gasteiger partial charge is 0.454 e. The first kappa shape index (κ1) is 22.8. The van der Waals surface area contributed by atoms with E-state index in [0.717, 1.165) is 11.1 Å². The summed E-state index contributed by atoms with van der Waals surface area (Å²) in [5.74, 6) is -2.38. The first-order valence-electron chi connectivity index (χ1n) is 10.5. The Balaban J connectivity index is 1.59. The minimum atomic E-state index is -1.11. The van der Waals surface area contributed by atoms with Crippen molar-refractivity contribution in [1.29, 1.82) is 0 Å². The van der Waals surface area contributed by atoms with Gasteiger partial charge in [-0.15, -0.1) is 0 Å². The van der Waals surface area contributed by atoms with Gasteiger partial charge < -0.3 is 15.4 Å². The van der Waals surface area contributed by atoms with Gasteiger partial charge in [-0.25, -0.2) is 19.2 Å². The molecule has 0 unspecified atom stereocenters. The highest BCUT2D eigenvalue weighted by atomic mass is 19.1. The van der Waals surface area contributed by atoms with Crippen molar-refractivity contribution < 1.29 is 18.7 Å². The molecule has 9 heteroatoms. The molecule has 0 aliphatic rings. The maximum atomic E-state index is 14.6. The Bertz CT molecular complexity index is 1390. The summed E-state index contributed by atoms with van der Waals surface area (Å²) in [7, 11) is 1.72. The van der Waals surface area contributed by atoms with Gasteiger partial charge in [-0.1, -0.05) is 30.3 Å². The van der Waals surface area contributed by atoms with E-state index < -0.39 is 17.7 Å². The number of hydrogen-bond donors (Lipinski definition) is 2. The lowest BCUT2D eigenvalue weighted by atomic mass is 9.97. The molecule has 0 atom stereocenters. The Kier molecular flexibility index (Phi) is 6.44. The Morgan fingerprint density at radius 2 is 1.79 bits per heavy atom. The monoisotopic (exact) mass is 459 g/mol. The number of halogens is 1. The fourth-order valence-electron chi connectivity index (χ4n) is 3.47.